The molecule has 6 aromatic carbocycles. The Hall–Kier alpha value is -4.95. The largest absolute Gasteiger partial charge is 0.307 e. The molecule has 0 aromatic heterocycles. The monoisotopic (exact) mass is 754 g/mol. The van der Waals surface area contributed by atoms with Gasteiger partial charge in [0.1, 0.15) is 0 Å². The van der Waals surface area contributed by atoms with Crippen molar-refractivity contribution in [1.29, 1.82) is 0 Å². The summed E-state index contributed by atoms with van der Waals surface area (Å²) in [6, 6.07) is 39.4. The standard InChI is InChI=1S/C54H56B2N2/c1-33-27-35(3)51(36(4)28-33)55-43-19-13-21-49-53(43)57(47-25-23-41(31-45(47)55)39-15-9-7-10-16-39)50-22-14-20-44-54(50)58(49)48-26-24-42(40-17-11-8-12-18-40)32-46(48)56(44)52-37(5)29-34(2)30-38(52)6/h13-14,19-32,39-40H,7-12,15-18H2,1-6H3. The molecule has 2 aliphatic carbocycles. The molecule has 3 aliphatic heterocycles. The Morgan fingerprint density at radius 1 is 0.397 bits per heavy atom. The van der Waals surface area contributed by atoms with Crippen LogP contribution in [0.4, 0.5) is 34.1 Å². The number of rotatable bonds is 4. The first-order chi connectivity index (χ1) is 28.3. The smallest absolute Gasteiger partial charge is 0.247 e. The van der Waals surface area contributed by atoms with Crippen LogP contribution in [0, 0.1) is 41.5 Å². The summed E-state index contributed by atoms with van der Waals surface area (Å²) in [7, 11) is 0. The van der Waals surface area contributed by atoms with Gasteiger partial charge in [0, 0.05) is 11.4 Å². The van der Waals surface area contributed by atoms with Crippen LogP contribution < -0.4 is 42.6 Å². The van der Waals surface area contributed by atoms with E-state index in [0.29, 0.717) is 11.8 Å². The van der Waals surface area contributed by atoms with Crippen LogP contribution in [0.15, 0.2) is 97.1 Å². The fourth-order valence-corrected chi connectivity index (χ4v) is 12.8. The van der Waals surface area contributed by atoms with Crippen LogP contribution in [0.1, 0.15) is 121 Å². The van der Waals surface area contributed by atoms with E-state index in [1.807, 2.05) is 0 Å². The van der Waals surface area contributed by atoms with Gasteiger partial charge >= 0.3 is 0 Å². The average molecular weight is 755 g/mol. The van der Waals surface area contributed by atoms with Gasteiger partial charge in [0.15, 0.2) is 0 Å². The first-order valence-corrected chi connectivity index (χ1v) is 22.6. The van der Waals surface area contributed by atoms with Gasteiger partial charge in [-0.2, -0.15) is 0 Å². The van der Waals surface area contributed by atoms with E-state index in [1.54, 1.807) is 0 Å². The summed E-state index contributed by atoms with van der Waals surface area (Å²) >= 11 is 0. The zero-order valence-corrected chi connectivity index (χ0v) is 35.5. The topological polar surface area (TPSA) is 6.48 Å². The van der Waals surface area contributed by atoms with Gasteiger partial charge in [-0.25, -0.2) is 0 Å². The van der Waals surface area contributed by atoms with Gasteiger partial charge in [-0.3, -0.25) is 0 Å². The zero-order chi connectivity index (χ0) is 39.4. The second kappa shape index (κ2) is 13.8. The summed E-state index contributed by atoms with van der Waals surface area (Å²) in [5.74, 6) is 1.29. The van der Waals surface area contributed by atoms with E-state index in [9.17, 15) is 0 Å². The molecule has 0 atom stereocenters. The third-order valence-corrected chi connectivity index (χ3v) is 15.1. The minimum absolute atomic E-state index is 0.151. The number of anilines is 6. The molecule has 0 saturated heterocycles. The van der Waals surface area contributed by atoms with Crippen LogP contribution in [-0.2, 0) is 0 Å². The van der Waals surface area contributed by atoms with E-state index in [4.69, 9.17) is 0 Å². The third-order valence-electron chi connectivity index (χ3n) is 15.1. The van der Waals surface area contributed by atoms with E-state index in [2.05, 4.69) is 148 Å². The Labute approximate surface area is 347 Å². The summed E-state index contributed by atoms with van der Waals surface area (Å²) in [5.41, 5.74) is 28.0. The molecule has 4 heteroatoms. The Morgan fingerprint density at radius 2 is 0.776 bits per heavy atom. The van der Waals surface area contributed by atoms with E-state index >= 15 is 0 Å². The second-order valence-electron chi connectivity index (χ2n) is 18.9. The predicted molar refractivity (Wildman–Crippen MR) is 252 cm³/mol. The maximum Gasteiger partial charge on any atom is 0.247 e. The van der Waals surface area contributed by atoms with Gasteiger partial charge in [0.05, 0.1) is 22.7 Å². The second-order valence-corrected chi connectivity index (χ2v) is 18.9. The molecule has 0 unspecified atom stereocenters. The Kier molecular flexibility index (Phi) is 8.62. The molecule has 3 heterocycles. The van der Waals surface area contributed by atoms with Crippen LogP contribution in [0.5, 0.6) is 0 Å². The minimum Gasteiger partial charge on any atom is -0.307 e. The van der Waals surface area contributed by atoms with E-state index in [-0.39, 0.29) is 13.4 Å². The maximum absolute atomic E-state index is 2.68. The maximum atomic E-state index is 2.68. The number of benzene rings is 6. The van der Waals surface area contributed by atoms with Crippen LogP contribution >= 0.6 is 0 Å². The highest BCUT2D eigenvalue weighted by Gasteiger charge is 2.47. The number of hydrogen-bond donors (Lipinski definition) is 0. The lowest BCUT2D eigenvalue weighted by molar-refractivity contribution is 0.444. The summed E-state index contributed by atoms with van der Waals surface area (Å²) in [6.07, 6.45) is 13.3. The van der Waals surface area contributed by atoms with Gasteiger partial charge in [0.25, 0.3) is 0 Å². The lowest BCUT2D eigenvalue weighted by Crippen LogP contribution is -2.62. The van der Waals surface area contributed by atoms with Crippen LogP contribution in [0.25, 0.3) is 0 Å². The fourth-order valence-electron chi connectivity index (χ4n) is 12.8. The SMILES string of the molecule is Cc1cc(C)c(B2c3cc(C4CCCCC4)ccc3N3c4cccc5c4N(c4ccc(C6CCCCC6)cc4B5c4c(C)cc(C)cc4C)c4cccc2c43)c(C)c1. The van der Waals surface area contributed by atoms with Crippen molar-refractivity contribution in [3.8, 4) is 0 Å². The molecule has 0 N–H and O–H groups in total. The molecular formula is C54H56B2N2. The van der Waals surface area contributed by atoms with E-state index < -0.39 is 0 Å². The highest BCUT2D eigenvalue weighted by atomic mass is 15.3. The number of para-hydroxylation sites is 2. The minimum atomic E-state index is 0.151. The zero-order valence-electron chi connectivity index (χ0n) is 35.5. The Bertz CT molecular complexity index is 2420. The lowest BCUT2D eigenvalue weighted by Gasteiger charge is -2.49. The van der Waals surface area contributed by atoms with E-state index in [1.165, 1.54) is 176 Å². The summed E-state index contributed by atoms with van der Waals surface area (Å²) in [4.78, 5) is 5.37. The van der Waals surface area contributed by atoms with Crippen molar-refractivity contribution in [2.24, 2.45) is 0 Å². The highest BCUT2D eigenvalue weighted by molar-refractivity contribution is 7.00. The molecule has 2 saturated carbocycles. The first-order valence-electron chi connectivity index (χ1n) is 22.6. The van der Waals surface area contributed by atoms with Crippen LogP contribution in [0.3, 0.4) is 0 Å². The van der Waals surface area contributed by atoms with Crippen LogP contribution in [0.2, 0.25) is 0 Å². The normalized spacial score (nSPS) is 17.2. The summed E-state index contributed by atoms with van der Waals surface area (Å²) < 4.78 is 0. The lowest BCUT2D eigenvalue weighted by atomic mass is 9.33. The summed E-state index contributed by atoms with van der Waals surface area (Å²) in [5, 5.41) is 0. The number of hydrogen-bond acceptors (Lipinski definition) is 2. The molecule has 11 rings (SSSR count). The number of nitrogens with zero attached hydrogens (tertiary/aromatic N) is 2. The Morgan fingerprint density at radius 3 is 1.16 bits per heavy atom. The predicted octanol–water partition coefficient (Wildman–Crippen LogP) is 10.5. The molecule has 288 valence electrons. The van der Waals surface area contributed by atoms with Crippen molar-refractivity contribution in [1.82, 2.24) is 0 Å². The molecule has 2 nitrogen and oxygen atoms in total. The van der Waals surface area contributed by atoms with E-state index in [0.717, 1.165) is 0 Å². The molecule has 5 aliphatic rings. The number of aryl methyl sites for hydroxylation is 6. The van der Waals surface area contributed by atoms with Crippen molar-refractivity contribution in [3.63, 3.8) is 0 Å². The van der Waals surface area contributed by atoms with Crippen LogP contribution in [-0.4, -0.2) is 13.4 Å². The van der Waals surface area contributed by atoms with Crippen molar-refractivity contribution in [2.45, 2.75) is 118 Å². The quantitative estimate of drug-likeness (QED) is 0.165. The summed E-state index contributed by atoms with van der Waals surface area (Å²) in [6.45, 7) is 14.2. The van der Waals surface area contributed by atoms with Crippen molar-refractivity contribution < 1.29 is 0 Å². The third kappa shape index (κ3) is 5.46. The fraction of sp³-hybridized carbons (Fsp3) is 0.333. The molecule has 58 heavy (non-hydrogen) atoms. The van der Waals surface area contributed by atoms with Crippen molar-refractivity contribution in [3.05, 3.63) is 142 Å². The molecular weight excluding hydrogens is 698 g/mol. The highest BCUT2D eigenvalue weighted by Crippen LogP contribution is 2.55. The first kappa shape index (κ1) is 36.2. The molecule has 2 fully saturated rings. The average Bonchev–Trinajstić information content (AvgIpc) is 3.23. The van der Waals surface area contributed by atoms with Gasteiger partial charge in [-0.15, -0.1) is 0 Å². The molecule has 0 bridgehead atoms. The van der Waals surface area contributed by atoms with Crippen molar-refractivity contribution >= 4 is 80.3 Å². The van der Waals surface area contributed by atoms with Crippen molar-refractivity contribution in [2.75, 3.05) is 9.80 Å². The van der Waals surface area contributed by atoms with Gasteiger partial charge in [-0.1, -0.05) is 156 Å². The molecule has 0 amide bonds. The van der Waals surface area contributed by atoms with Gasteiger partial charge < -0.3 is 9.80 Å². The van der Waals surface area contributed by atoms with Gasteiger partial charge in [-0.05, 0) is 136 Å². The molecule has 0 spiro atoms. The molecule has 6 aromatic rings. The molecule has 0 radical (unpaired) electrons. The number of fused-ring (bicyclic) bond motifs is 6. The Balaban J connectivity index is 1.20. The van der Waals surface area contributed by atoms with Gasteiger partial charge in [0.2, 0.25) is 13.4 Å².